The van der Waals surface area contributed by atoms with Crippen molar-refractivity contribution in [2.24, 2.45) is 29.6 Å². The zero-order chi connectivity index (χ0) is 15.4. The Hall–Kier alpha value is -1.32. The molecule has 0 saturated carbocycles. The van der Waals surface area contributed by atoms with Crippen molar-refractivity contribution in [3.63, 3.8) is 0 Å². The summed E-state index contributed by atoms with van der Waals surface area (Å²) in [7, 11) is 0. The van der Waals surface area contributed by atoms with Gasteiger partial charge >= 0.3 is 11.9 Å². The standard InChI is InChI=1S/C16H26O4/c1-6-9(2)8-20-16(19)13-11(4)7-10(3)12(5)14(13)15(17)18/h7,9,11-14H,6,8H2,1-5H3,(H,17,18). The first-order valence-electron chi connectivity index (χ1n) is 7.37. The van der Waals surface area contributed by atoms with Gasteiger partial charge in [0.1, 0.15) is 0 Å². The molecule has 5 unspecified atom stereocenters. The summed E-state index contributed by atoms with van der Waals surface area (Å²) in [6.45, 7) is 10.1. The second-order valence-corrected chi connectivity index (χ2v) is 6.09. The average molecular weight is 282 g/mol. The second kappa shape index (κ2) is 6.91. The Morgan fingerprint density at radius 1 is 1.35 bits per heavy atom. The van der Waals surface area contributed by atoms with Crippen molar-refractivity contribution in [2.75, 3.05) is 6.61 Å². The summed E-state index contributed by atoms with van der Waals surface area (Å²) in [4.78, 5) is 23.8. The van der Waals surface area contributed by atoms with E-state index in [0.717, 1.165) is 12.0 Å². The summed E-state index contributed by atoms with van der Waals surface area (Å²) in [6, 6.07) is 0. The summed E-state index contributed by atoms with van der Waals surface area (Å²) in [6.07, 6.45) is 2.94. The molecule has 0 aliphatic heterocycles. The maximum atomic E-state index is 12.3. The van der Waals surface area contributed by atoms with Crippen LogP contribution in [0.2, 0.25) is 0 Å². The van der Waals surface area contributed by atoms with Crippen molar-refractivity contribution in [3.8, 4) is 0 Å². The minimum Gasteiger partial charge on any atom is -0.481 e. The first-order valence-corrected chi connectivity index (χ1v) is 7.37. The number of carbonyl (C=O) groups is 2. The Kier molecular flexibility index (Phi) is 5.78. The lowest BCUT2D eigenvalue weighted by Crippen LogP contribution is -2.42. The maximum absolute atomic E-state index is 12.3. The van der Waals surface area contributed by atoms with E-state index in [-0.39, 0.29) is 17.8 Å². The van der Waals surface area contributed by atoms with Gasteiger partial charge in [0.15, 0.2) is 0 Å². The summed E-state index contributed by atoms with van der Waals surface area (Å²) in [5.74, 6) is -2.50. The van der Waals surface area contributed by atoms with Crippen molar-refractivity contribution < 1.29 is 19.4 Å². The van der Waals surface area contributed by atoms with Crippen LogP contribution in [-0.4, -0.2) is 23.7 Å². The van der Waals surface area contributed by atoms with Gasteiger partial charge in [-0.25, -0.2) is 0 Å². The molecule has 0 radical (unpaired) electrons. The number of ether oxygens (including phenoxy) is 1. The Bertz CT molecular complexity index is 399. The van der Waals surface area contributed by atoms with Crippen LogP contribution in [0.5, 0.6) is 0 Å². The molecule has 1 N–H and O–H groups in total. The second-order valence-electron chi connectivity index (χ2n) is 6.09. The minimum absolute atomic E-state index is 0.100. The van der Waals surface area contributed by atoms with Gasteiger partial charge in [-0.1, -0.05) is 45.8 Å². The number of carboxylic acids is 1. The number of esters is 1. The summed E-state index contributed by atoms with van der Waals surface area (Å²) < 4.78 is 5.34. The molecule has 1 aliphatic rings. The van der Waals surface area contributed by atoms with Gasteiger partial charge in [-0.05, 0) is 24.7 Å². The first-order chi connectivity index (χ1) is 9.29. The smallest absolute Gasteiger partial charge is 0.310 e. The quantitative estimate of drug-likeness (QED) is 0.621. The summed E-state index contributed by atoms with van der Waals surface area (Å²) >= 11 is 0. The molecule has 0 aromatic rings. The van der Waals surface area contributed by atoms with Crippen LogP contribution in [0, 0.1) is 29.6 Å². The monoisotopic (exact) mass is 282 g/mol. The van der Waals surface area contributed by atoms with Gasteiger partial charge in [-0.3, -0.25) is 9.59 Å². The molecule has 114 valence electrons. The number of hydrogen-bond donors (Lipinski definition) is 1. The predicted molar refractivity (Wildman–Crippen MR) is 77.1 cm³/mol. The summed E-state index contributed by atoms with van der Waals surface area (Å²) in [5.41, 5.74) is 1.04. The lowest BCUT2D eigenvalue weighted by molar-refractivity contribution is -0.162. The van der Waals surface area contributed by atoms with E-state index < -0.39 is 17.8 Å². The molecule has 20 heavy (non-hydrogen) atoms. The highest BCUT2D eigenvalue weighted by Crippen LogP contribution is 2.39. The molecule has 1 aliphatic carbocycles. The number of rotatable bonds is 5. The van der Waals surface area contributed by atoms with E-state index in [0.29, 0.717) is 12.5 Å². The van der Waals surface area contributed by atoms with E-state index in [9.17, 15) is 14.7 Å². The van der Waals surface area contributed by atoms with Crippen LogP contribution in [0.25, 0.3) is 0 Å². The molecule has 0 aromatic heterocycles. The van der Waals surface area contributed by atoms with Crippen molar-refractivity contribution in [3.05, 3.63) is 11.6 Å². The molecule has 0 saturated heterocycles. The highest BCUT2D eigenvalue weighted by atomic mass is 16.5. The normalized spacial score (nSPS) is 31.4. The van der Waals surface area contributed by atoms with E-state index in [2.05, 4.69) is 0 Å². The largest absolute Gasteiger partial charge is 0.481 e. The van der Waals surface area contributed by atoms with Gasteiger partial charge in [-0.2, -0.15) is 0 Å². The van der Waals surface area contributed by atoms with E-state index in [4.69, 9.17) is 4.74 Å². The van der Waals surface area contributed by atoms with Crippen LogP contribution in [0.15, 0.2) is 11.6 Å². The third-order valence-corrected chi connectivity index (χ3v) is 4.50. The molecule has 0 aromatic carbocycles. The predicted octanol–water partition coefficient (Wildman–Crippen LogP) is 3.12. The fourth-order valence-corrected chi connectivity index (χ4v) is 2.76. The van der Waals surface area contributed by atoms with Gasteiger partial charge < -0.3 is 9.84 Å². The molecule has 0 bridgehead atoms. The van der Waals surface area contributed by atoms with Crippen LogP contribution in [0.4, 0.5) is 0 Å². The lowest BCUT2D eigenvalue weighted by Gasteiger charge is -2.35. The van der Waals surface area contributed by atoms with Crippen LogP contribution >= 0.6 is 0 Å². The van der Waals surface area contributed by atoms with Gasteiger partial charge in [0, 0.05) is 0 Å². The van der Waals surface area contributed by atoms with Gasteiger partial charge in [0.2, 0.25) is 0 Å². The molecule has 0 amide bonds. The third kappa shape index (κ3) is 3.62. The summed E-state index contributed by atoms with van der Waals surface area (Å²) in [5, 5.41) is 9.45. The van der Waals surface area contributed by atoms with Crippen molar-refractivity contribution in [1.29, 1.82) is 0 Å². The number of allylic oxidation sites excluding steroid dienone is 2. The number of aliphatic carboxylic acids is 1. The van der Waals surface area contributed by atoms with E-state index in [1.54, 1.807) is 0 Å². The van der Waals surface area contributed by atoms with Gasteiger partial charge in [0.05, 0.1) is 18.4 Å². The van der Waals surface area contributed by atoms with E-state index in [1.807, 2.05) is 40.7 Å². The molecule has 4 heteroatoms. The van der Waals surface area contributed by atoms with Crippen LogP contribution < -0.4 is 0 Å². The number of carboxylic acid groups (broad SMARTS) is 1. The molecular formula is C16H26O4. The van der Waals surface area contributed by atoms with Crippen molar-refractivity contribution in [2.45, 2.75) is 41.0 Å². The number of hydrogen-bond acceptors (Lipinski definition) is 3. The van der Waals surface area contributed by atoms with E-state index >= 15 is 0 Å². The average Bonchev–Trinajstić information content (AvgIpc) is 2.38. The van der Waals surface area contributed by atoms with Crippen LogP contribution in [0.3, 0.4) is 0 Å². The van der Waals surface area contributed by atoms with E-state index in [1.165, 1.54) is 0 Å². The molecule has 4 nitrogen and oxygen atoms in total. The molecule has 1 rings (SSSR count). The molecule has 0 spiro atoms. The van der Waals surface area contributed by atoms with Crippen molar-refractivity contribution >= 4 is 11.9 Å². The molecule has 0 fully saturated rings. The SMILES string of the molecule is CCC(C)COC(=O)C1C(C)C=C(C)C(C)C1C(=O)O. The Labute approximate surface area is 121 Å². The first kappa shape index (κ1) is 16.7. The van der Waals surface area contributed by atoms with Gasteiger partial charge in [0.25, 0.3) is 0 Å². The van der Waals surface area contributed by atoms with Gasteiger partial charge in [-0.15, -0.1) is 0 Å². The highest BCUT2D eigenvalue weighted by Gasteiger charge is 2.44. The van der Waals surface area contributed by atoms with Crippen LogP contribution in [0.1, 0.15) is 41.0 Å². The Morgan fingerprint density at radius 3 is 2.45 bits per heavy atom. The zero-order valence-corrected chi connectivity index (χ0v) is 13.1. The fraction of sp³-hybridized carbons (Fsp3) is 0.750. The van der Waals surface area contributed by atoms with Crippen molar-refractivity contribution in [1.82, 2.24) is 0 Å². The maximum Gasteiger partial charge on any atom is 0.310 e. The Morgan fingerprint density at radius 2 is 1.95 bits per heavy atom. The molecule has 0 heterocycles. The fourth-order valence-electron chi connectivity index (χ4n) is 2.76. The Balaban J connectivity index is 2.89. The minimum atomic E-state index is -0.915. The zero-order valence-electron chi connectivity index (χ0n) is 13.1. The lowest BCUT2D eigenvalue weighted by atomic mass is 9.68. The van der Waals surface area contributed by atoms with Crippen LogP contribution in [-0.2, 0) is 14.3 Å². The molecular weight excluding hydrogens is 256 g/mol. The molecule has 5 atom stereocenters. The topological polar surface area (TPSA) is 63.6 Å². The third-order valence-electron chi connectivity index (χ3n) is 4.50. The number of carbonyl (C=O) groups excluding carboxylic acids is 1. The highest BCUT2D eigenvalue weighted by molar-refractivity contribution is 5.82.